The second-order valence-electron chi connectivity index (χ2n) is 4.77. The minimum atomic E-state index is -0.547. The third-order valence-electron chi connectivity index (χ3n) is 3.14. The SMILES string of the molecule is CC(=O)O[C@H]1CC[C@@H](OC(=O)c2ccccc2)[C@H](C)O1. The number of carbonyl (C=O) groups is 2. The summed E-state index contributed by atoms with van der Waals surface area (Å²) >= 11 is 0. The molecule has 0 amide bonds. The normalized spacial score (nSPS) is 25.8. The van der Waals surface area contributed by atoms with Crippen molar-refractivity contribution in [2.45, 2.75) is 45.2 Å². The maximum Gasteiger partial charge on any atom is 0.338 e. The van der Waals surface area contributed by atoms with Crippen molar-refractivity contribution in [1.29, 1.82) is 0 Å². The number of ether oxygens (including phenoxy) is 3. The molecule has 1 aliphatic heterocycles. The van der Waals surface area contributed by atoms with Crippen molar-refractivity contribution >= 4 is 11.9 Å². The van der Waals surface area contributed by atoms with Crippen molar-refractivity contribution in [3.05, 3.63) is 35.9 Å². The summed E-state index contributed by atoms with van der Waals surface area (Å²) in [5.41, 5.74) is 0.516. The molecule has 108 valence electrons. The van der Waals surface area contributed by atoms with Crippen LogP contribution >= 0.6 is 0 Å². The molecule has 1 aromatic rings. The van der Waals surface area contributed by atoms with Crippen LogP contribution in [0.2, 0.25) is 0 Å². The first-order valence-electron chi connectivity index (χ1n) is 6.65. The van der Waals surface area contributed by atoms with Gasteiger partial charge < -0.3 is 14.2 Å². The van der Waals surface area contributed by atoms with Gasteiger partial charge in [0.25, 0.3) is 0 Å². The molecule has 1 heterocycles. The molecule has 5 heteroatoms. The van der Waals surface area contributed by atoms with E-state index in [9.17, 15) is 9.59 Å². The van der Waals surface area contributed by atoms with Gasteiger partial charge in [0.2, 0.25) is 6.29 Å². The molecule has 1 fully saturated rings. The molecule has 1 aliphatic rings. The lowest BCUT2D eigenvalue weighted by molar-refractivity contribution is -0.216. The Hall–Kier alpha value is -1.88. The quantitative estimate of drug-likeness (QED) is 0.794. The van der Waals surface area contributed by atoms with Crippen LogP contribution in [0.5, 0.6) is 0 Å². The largest absolute Gasteiger partial charge is 0.456 e. The smallest absolute Gasteiger partial charge is 0.338 e. The number of hydrogen-bond acceptors (Lipinski definition) is 5. The van der Waals surface area contributed by atoms with Crippen LogP contribution in [0.3, 0.4) is 0 Å². The highest BCUT2D eigenvalue weighted by molar-refractivity contribution is 5.89. The zero-order chi connectivity index (χ0) is 14.5. The molecule has 20 heavy (non-hydrogen) atoms. The number of benzene rings is 1. The van der Waals surface area contributed by atoms with Crippen LogP contribution in [0, 0.1) is 0 Å². The van der Waals surface area contributed by atoms with Crippen LogP contribution in [0.25, 0.3) is 0 Å². The van der Waals surface area contributed by atoms with E-state index < -0.39 is 6.29 Å². The molecule has 0 radical (unpaired) electrons. The molecule has 3 atom stereocenters. The van der Waals surface area contributed by atoms with Gasteiger partial charge in [-0.3, -0.25) is 4.79 Å². The van der Waals surface area contributed by atoms with Crippen LogP contribution in [0.1, 0.15) is 37.0 Å². The maximum absolute atomic E-state index is 12.0. The van der Waals surface area contributed by atoms with Crippen molar-refractivity contribution in [3.63, 3.8) is 0 Å². The monoisotopic (exact) mass is 278 g/mol. The van der Waals surface area contributed by atoms with Gasteiger partial charge in [0.1, 0.15) is 6.10 Å². The first kappa shape index (κ1) is 14.5. The Morgan fingerprint density at radius 1 is 1.15 bits per heavy atom. The predicted molar refractivity (Wildman–Crippen MR) is 71.0 cm³/mol. The minimum Gasteiger partial charge on any atom is -0.456 e. The van der Waals surface area contributed by atoms with Gasteiger partial charge in [-0.1, -0.05) is 18.2 Å². The summed E-state index contributed by atoms with van der Waals surface area (Å²) in [6.45, 7) is 3.15. The molecule has 0 spiro atoms. The van der Waals surface area contributed by atoms with Gasteiger partial charge >= 0.3 is 11.9 Å². The van der Waals surface area contributed by atoms with Gasteiger partial charge in [-0.15, -0.1) is 0 Å². The van der Waals surface area contributed by atoms with Crippen molar-refractivity contribution in [3.8, 4) is 0 Å². The van der Waals surface area contributed by atoms with E-state index >= 15 is 0 Å². The predicted octanol–water partition coefficient (Wildman–Crippen LogP) is 2.30. The Morgan fingerprint density at radius 3 is 2.45 bits per heavy atom. The van der Waals surface area contributed by atoms with Crippen molar-refractivity contribution < 1.29 is 23.8 Å². The van der Waals surface area contributed by atoms with E-state index in [2.05, 4.69) is 0 Å². The van der Waals surface area contributed by atoms with Gasteiger partial charge in [-0.25, -0.2) is 4.79 Å². The number of hydrogen-bond donors (Lipinski definition) is 0. The van der Waals surface area contributed by atoms with Crippen LogP contribution in [-0.2, 0) is 19.0 Å². The fraction of sp³-hybridized carbons (Fsp3) is 0.467. The second-order valence-corrected chi connectivity index (χ2v) is 4.77. The Labute approximate surface area is 117 Å². The lowest BCUT2D eigenvalue weighted by atomic mass is 10.1. The minimum absolute atomic E-state index is 0.305. The van der Waals surface area contributed by atoms with Gasteiger partial charge in [0.15, 0.2) is 0 Å². The lowest BCUT2D eigenvalue weighted by Crippen LogP contribution is -2.41. The van der Waals surface area contributed by atoms with Crippen molar-refractivity contribution in [1.82, 2.24) is 0 Å². The molecule has 0 aliphatic carbocycles. The molecule has 1 aromatic carbocycles. The molecular weight excluding hydrogens is 260 g/mol. The van der Waals surface area contributed by atoms with E-state index in [1.165, 1.54) is 6.92 Å². The Morgan fingerprint density at radius 2 is 1.85 bits per heavy atom. The summed E-state index contributed by atoms with van der Waals surface area (Å²) in [6, 6.07) is 8.83. The van der Waals surface area contributed by atoms with E-state index in [1.807, 2.05) is 6.07 Å². The first-order valence-corrected chi connectivity index (χ1v) is 6.65. The average Bonchev–Trinajstić information content (AvgIpc) is 2.42. The summed E-state index contributed by atoms with van der Waals surface area (Å²) in [7, 11) is 0. The van der Waals surface area contributed by atoms with Crippen molar-refractivity contribution in [2.75, 3.05) is 0 Å². The summed E-state index contributed by atoms with van der Waals surface area (Å²) in [6.07, 6.45) is -0.0432. The zero-order valence-corrected chi connectivity index (χ0v) is 11.6. The Kier molecular flexibility index (Phi) is 4.74. The Bertz CT molecular complexity index is 470. The maximum atomic E-state index is 12.0. The number of carbonyl (C=O) groups excluding carboxylic acids is 2. The highest BCUT2D eigenvalue weighted by Crippen LogP contribution is 2.23. The lowest BCUT2D eigenvalue weighted by Gasteiger charge is -2.33. The van der Waals surface area contributed by atoms with E-state index in [4.69, 9.17) is 14.2 Å². The van der Waals surface area contributed by atoms with E-state index in [-0.39, 0.29) is 24.1 Å². The summed E-state index contributed by atoms with van der Waals surface area (Å²) in [5.74, 6) is -0.737. The molecule has 0 N–H and O–H groups in total. The van der Waals surface area contributed by atoms with Crippen LogP contribution < -0.4 is 0 Å². The van der Waals surface area contributed by atoms with Crippen LogP contribution in [0.15, 0.2) is 30.3 Å². The standard InChI is InChI=1S/C15H18O5/c1-10-13(8-9-14(18-10)19-11(2)16)20-15(17)12-6-4-3-5-7-12/h3-7,10,13-14H,8-9H2,1-2H3/t10-,13+,14-/m0/s1. The van der Waals surface area contributed by atoms with Crippen molar-refractivity contribution in [2.24, 2.45) is 0 Å². The first-order chi connectivity index (χ1) is 9.56. The number of rotatable bonds is 3. The molecule has 0 bridgehead atoms. The average molecular weight is 278 g/mol. The van der Waals surface area contributed by atoms with E-state index in [1.54, 1.807) is 31.2 Å². The summed E-state index contributed by atoms with van der Waals surface area (Å²) in [5, 5.41) is 0. The summed E-state index contributed by atoms with van der Waals surface area (Å²) in [4.78, 5) is 22.8. The third kappa shape index (κ3) is 3.81. The molecule has 1 saturated heterocycles. The van der Waals surface area contributed by atoms with E-state index in [0.29, 0.717) is 18.4 Å². The number of esters is 2. The van der Waals surface area contributed by atoms with Gasteiger partial charge in [0, 0.05) is 13.3 Å². The Balaban J connectivity index is 1.89. The van der Waals surface area contributed by atoms with Crippen LogP contribution in [-0.4, -0.2) is 30.4 Å². The fourth-order valence-corrected chi connectivity index (χ4v) is 2.14. The molecule has 0 aromatic heterocycles. The van der Waals surface area contributed by atoms with Gasteiger partial charge in [-0.05, 0) is 25.5 Å². The molecular formula is C15H18O5. The van der Waals surface area contributed by atoms with Crippen LogP contribution in [0.4, 0.5) is 0 Å². The highest BCUT2D eigenvalue weighted by Gasteiger charge is 2.32. The summed E-state index contributed by atoms with van der Waals surface area (Å²) < 4.78 is 16.0. The second kappa shape index (κ2) is 6.52. The fourth-order valence-electron chi connectivity index (χ4n) is 2.14. The van der Waals surface area contributed by atoms with E-state index in [0.717, 1.165) is 0 Å². The molecule has 5 nitrogen and oxygen atoms in total. The van der Waals surface area contributed by atoms with Gasteiger partial charge in [0.05, 0.1) is 11.7 Å². The van der Waals surface area contributed by atoms with Gasteiger partial charge in [-0.2, -0.15) is 0 Å². The molecule has 2 rings (SSSR count). The third-order valence-corrected chi connectivity index (χ3v) is 3.14. The topological polar surface area (TPSA) is 61.8 Å². The highest BCUT2D eigenvalue weighted by atomic mass is 16.7. The molecule has 0 saturated carbocycles. The zero-order valence-electron chi connectivity index (χ0n) is 11.6. The molecule has 0 unspecified atom stereocenters.